The lowest BCUT2D eigenvalue weighted by Crippen LogP contribution is -2.30. The van der Waals surface area contributed by atoms with Gasteiger partial charge in [-0.25, -0.2) is 0 Å². The Balaban J connectivity index is 1.95. The Kier molecular flexibility index (Phi) is 2.54. The Labute approximate surface area is 79.5 Å². The fourth-order valence-electron chi connectivity index (χ4n) is 2.53. The van der Waals surface area contributed by atoms with Crippen LogP contribution in [0.5, 0.6) is 0 Å². The first kappa shape index (κ1) is 9.00. The smallest absolute Gasteiger partial charge is 0.219 e. The second kappa shape index (κ2) is 3.66. The van der Waals surface area contributed by atoms with Gasteiger partial charge >= 0.3 is 0 Å². The maximum atomic E-state index is 11.2. The van der Waals surface area contributed by atoms with Crippen molar-refractivity contribution in [3.05, 3.63) is 0 Å². The standard InChI is InChI=1S/C10H18N2O/c1-8(13)12-4-2-9-6-11-7-10(9)3-5-12/h9-11H,2-7H2,1H3. The molecule has 0 radical (unpaired) electrons. The van der Waals surface area contributed by atoms with Gasteiger partial charge in [0.2, 0.25) is 5.91 Å². The molecular formula is C10H18N2O. The van der Waals surface area contributed by atoms with Gasteiger partial charge in [-0.15, -0.1) is 0 Å². The van der Waals surface area contributed by atoms with Gasteiger partial charge in [-0.2, -0.15) is 0 Å². The van der Waals surface area contributed by atoms with Crippen molar-refractivity contribution in [3.8, 4) is 0 Å². The Morgan fingerprint density at radius 1 is 1.23 bits per heavy atom. The normalized spacial score (nSPS) is 34.1. The van der Waals surface area contributed by atoms with Crippen molar-refractivity contribution in [1.29, 1.82) is 0 Å². The van der Waals surface area contributed by atoms with Gasteiger partial charge in [0, 0.05) is 20.0 Å². The van der Waals surface area contributed by atoms with Crippen LogP contribution in [0.4, 0.5) is 0 Å². The van der Waals surface area contributed by atoms with Gasteiger partial charge in [-0.1, -0.05) is 0 Å². The largest absolute Gasteiger partial charge is 0.343 e. The SMILES string of the molecule is CC(=O)N1CCC2CNCC2CC1. The summed E-state index contributed by atoms with van der Waals surface area (Å²) < 4.78 is 0. The number of carbonyl (C=O) groups is 1. The van der Waals surface area contributed by atoms with E-state index in [0.717, 1.165) is 38.0 Å². The van der Waals surface area contributed by atoms with E-state index in [4.69, 9.17) is 0 Å². The lowest BCUT2D eigenvalue weighted by molar-refractivity contribution is -0.128. The Bertz CT molecular complexity index is 191. The van der Waals surface area contributed by atoms with Crippen LogP contribution in [0.2, 0.25) is 0 Å². The summed E-state index contributed by atoms with van der Waals surface area (Å²) in [5.74, 6) is 1.89. The molecule has 2 saturated heterocycles. The molecule has 2 unspecified atom stereocenters. The summed E-state index contributed by atoms with van der Waals surface area (Å²) in [7, 11) is 0. The van der Waals surface area contributed by atoms with Crippen LogP contribution < -0.4 is 5.32 Å². The average Bonchev–Trinajstić information content (AvgIpc) is 2.44. The lowest BCUT2D eigenvalue weighted by Gasteiger charge is -2.18. The highest BCUT2D eigenvalue weighted by Gasteiger charge is 2.30. The van der Waals surface area contributed by atoms with Crippen LogP contribution in [0.1, 0.15) is 19.8 Å². The molecule has 0 aromatic heterocycles. The predicted molar refractivity (Wildman–Crippen MR) is 51.3 cm³/mol. The summed E-state index contributed by atoms with van der Waals surface area (Å²) >= 11 is 0. The molecule has 74 valence electrons. The first-order valence-corrected chi connectivity index (χ1v) is 5.23. The van der Waals surface area contributed by atoms with Gasteiger partial charge in [-0.3, -0.25) is 4.79 Å². The van der Waals surface area contributed by atoms with Crippen LogP contribution in [0.3, 0.4) is 0 Å². The molecule has 0 aromatic carbocycles. The van der Waals surface area contributed by atoms with E-state index in [2.05, 4.69) is 5.32 Å². The maximum Gasteiger partial charge on any atom is 0.219 e. The Hall–Kier alpha value is -0.570. The third-order valence-corrected chi connectivity index (χ3v) is 3.46. The molecule has 2 aliphatic heterocycles. The third kappa shape index (κ3) is 1.85. The highest BCUT2D eigenvalue weighted by atomic mass is 16.2. The van der Waals surface area contributed by atoms with Crippen molar-refractivity contribution in [2.45, 2.75) is 19.8 Å². The molecule has 0 aliphatic carbocycles. The molecular weight excluding hydrogens is 164 g/mol. The van der Waals surface area contributed by atoms with Crippen molar-refractivity contribution in [2.75, 3.05) is 26.2 Å². The first-order chi connectivity index (χ1) is 6.27. The number of amides is 1. The van der Waals surface area contributed by atoms with Crippen LogP contribution in [0.15, 0.2) is 0 Å². The second-order valence-electron chi connectivity index (χ2n) is 4.26. The Morgan fingerprint density at radius 3 is 2.23 bits per heavy atom. The maximum absolute atomic E-state index is 11.2. The van der Waals surface area contributed by atoms with Crippen molar-refractivity contribution < 1.29 is 4.79 Å². The number of carbonyl (C=O) groups excluding carboxylic acids is 1. The van der Waals surface area contributed by atoms with E-state index in [1.807, 2.05) is 4.90 Å². The van der Waals surface area contributed by atoms with Crippen molar-refractivity contribution >= 4 is 5.91 Å². The van der Waals surface area contributed by atoms with E-state index >= 15 is 0 Å². The monoisotopic (exact) mass is 182 g/mol. The zero-order chi connectivity index (χ0) is 9.26. The van der Waals surface area contributed by atoms with E-state index in [1.54, 1.807) is 6.92 Å². The highest BCUT2D eigenvalue weighted by Crippen LogP contribution is 2.26. The molecule has 3 heteroatoms. The van der Waals surface area contributed by atoms with E-state index in [9.17, 15) is 4.79 Å². The molecule has 0 saturated carbocycles. The zero-order valence-electron chi connectivity index (χ0n) is 8.25. The highest BCUT2D eigenvalue weighted by molar-refractivity contribution is 5.73. The minimum Gasteiger partial charge on any atom is -0.343 e. The van der Waals surface area contributed by atoms with Gasteiger partial charge in [-0.05, 0) is 37.8 Å². The minimum absolute atomic E-state index is 0.243. The molecule has 2 heterocycles. The lowest BCUT2D eigenvalue weighted by atomic mass is 9.92. The van der Waals surface area contributed by atoms with E-state index < -0.39 is 0 Å². The van der Waals surface area contributed by atoms with Crippen LogP contribution in [-0.4, -0.2) is 37.0 Å². The van der Waals surface area contributed by atoms with Crippen LogP contribution >= 0.6 is 0 Å². The van der Waals surface area contributed by atoms with Crippen molar-refractivity contribution in [3.63, 3.8) is 0 Å². The van der Waals surface area contributed by atoms with Crippen LogP contribution in [0, 0.1) is 11.8 Å². The van der Waals surface area contributed by atoms with Crippen molar-refractivity contribution in [1.82, 2.24) is 10.2 Å². The van der Waals surface area contributed by atoms with Gasteiger partial charge in [0.1, 0.15) is 0 Å². The molecule has 13 heavy (non-hydrogen) atoms. The number of nitrogens with zero attached hydrogens (tertiary/aromatic N) is 1. The summed E-state index contributed by atoms with van der Waals surface area (Å²) in [5.41, 5.74) is 0. The number of likely N-dealkylation sites (tertiary alicyclic amines) is 1. The molecule has 0 spiro atoms. The van der Waals surface area contributed by atoms with E-state index in [-0.39, 0.29) is 5.91 Å². The third-order valence-electron chi connectivity index (χ3n) is 3.46. The van der Waals surface area contributed by atoms with Crippen molar-refractivity contribution in [2.24, 2.45) is 11.8 Å². The summed E-state index contributed by atoms with van der Waals surface area (Å²) in [6, 6.07) is 0. The molecule has 1 N–H and O–H groups in total. The molecule has 2 atom stereocenters. The fraction of sp³-hybridized carbons (Fsp3) is 0.900. The summed E-state index contributed by atoms with van der Waals surface area (Å²) in [5, 5.41) is 3.43. The second-order valence-corrected chi connectivity index (χ2v) is 4.26. The summed E-state index contributed by atoms with van der Waals surface area (Å²) in [6.45, 7) is 5.95. The predicted octanol–water partition coefficient (Wildman–Crippen LogP) is 0.464. The van der Waals surface area contributed by atoms with Crippen LogP contribution in [-0.2, 0) is 4.79 Å². The molecule has 2 fully saturated rings. The van der Waals surface area contributed by atoms with E-state index in [1.165, 1.54) is 12.8 Å². The molecule has 2 rings (SSSR count). The number of hydrogen-bond acceptors (Lipinski definition) is 2. The number of fused-ring (bicyclic) bond motifs is 1. The number of hydrogen-bond donors (Lipinski definition) is 1. The van der Waals surface area contributed by atoms with Gasteiger partial charge in [0.25, 0.3) is 0 Å². The summed E-state index contributed by atoms with van der Waals surface area (Å²) in [6.07, 6.45) is 2.38. The molecule has 3 nitrogen and oxygen atoms in total. The first-order valence-electron chi connectivity index (χ1n) is 5.23. The number of nitrogens with one attached hydrogen (secondary N) is 1. The minimum atomic E-state index is 0.243. The quantitative estimate of drug-likeness (QED) is 0.590. The number of rotatable bonds is 0. The average molecular weight is 182 g/mol. The summed E-state index contributed by atoms with van der Waals surface area (Å²) in [4.78, 5) is 13.2. The van der Waals surface area contributed by atoms with Gasteiger partial charge in [0.15, 0.2) is 0 Å². The molecule has 1 amide bonds. The molecule has 2 aliphatic rings. The fourth-order valence-corrected chi connectivity index (χ4v) is 2.53. The van der Waals surface area contributed by atoms with E-state index in [0.29, 0.717) is 0 Å². The zero-order valence-corrected chi connectivity index (χ0v) is 8.25. The topological polar surface area (TPSA) is 32.3 Å². The molecule has 0 bridgehead atoms. The Morgan fingerprint density at radius 2 is 1.77 bits per heavy atom. The molecule has 0 aromatic rings. The van der Waals surface area contributed by atoms with Crippen LogP contribution in [0.25, 0.3) is 0 Å². The van der Waals surface area contributed by atoms with Gasteiger partial charge in [0.05, 0.1) is 0 Å². The van der Waals surface area contributed by atoms with Gasteiger partial charge < -0.3 is 10.2 Å².